The van der Waals surface area contributed by atoms with Crippen LogP contribution in [0.4, 0.5) is 0 Å². The van der Waals surface area contributed by atoms with Gasteiger partial charge < -0.3 is 10.0 Å². The molecule has 1 aliphatic rings. The van der Waals surface area contributed by atoms with Gasteiger partial charge in [0.15, 0.2) is 0 Å². The standard InChI is InChI=1S/C16H31NO2/c1-3-5-6-10-15(8-4-2)17-12-7-9-14(11-13-17)16(18)19/h14-15H,3-13H2,1-2H3,(H,18,19). The third-order valence-electron chi connectivity index (χ3n) is 4.39. The summed E-state index contributed by atoms with van der Waals surface area (Å²) in [5, 5.41) is 9.15. The number of carboxylic acid groups (broad SMARTS) is 1. The first kappa shape index (κ1) is 16.5. The van der Waals surface area contributed by atoms with Gasteiger partial charge in [-0.15, -0.1) is 0 Å². The molecule has 3 heteroatoms. The van der Waals surface area contributed by atoms with Crippen LogP contribution in [0.1, 0.15) is 71.6 Å². The summed E-state index contributed by atoms with van der Waals surface area (Å²) >= 11 is 0. The summed E-state index contributed by atoms with van der Waals surface area (Å²) < 4.78 is 0. The molecule has 0 aromatic rings. The summed E-state index contributed by atoms with van der Waals surface area (Å²) in [5.41, 5.74) is 0. The van der Waals surface area contributed by atoms with Crippen molar-refractivity contribution in [2.45, 2.75) is 77.7 Å². The molecule has 19 heavy (non-hydrogen) atoms. The molecule has 0 spiro atoms. The summed E-state index contributed by atoms with van der Waals surface area (Å²) in [7, 11) is 0. The highest BCUT2D eigenvalue weighted by Crippen LogP contribution is 2.23. The summed E-state index contributed by atoms with van der Waals surface area (Å²) in [6, 6.07) is 0.684. The lowest BCUT2D eigenvalue weighted by Crippen LogP contribution is -2.36. The van der Waals surface area contributed by atoms with Crippen LogP contribution in [0.15, 0.2) is 0 Å². The second kappa shape index (κ2) is 9.35. The average Bonchev–Trinajstić information content (AvgIpc) is 2.63. The van der Waals surface area contributed by atoms with Crippen LogP contribution in [0.25, 0.3) is 0 Å². The molecular formula is C16H31NO2. The minimum Gasteiger partial charge on any atom is -0.481 e. The van der Waals surface area contributed by atoms with E-state index in [0.717, 1.165) is 32.4 Å². The molecule has 1 rings (SSSR count). The van der Waals surface area contributed by atoms with E-state index in [-0.39, 0.29) is 5.92 Å². The fourth-order valence-corrected chi connectivity index (χ4v) is 3.20. The van der Waals surface area contributed by atoms with Crippen molar-refractivity contribution in [3.63, 3.8) is 0 Å². The lowest BCUT2D eigenvalue weighted by Gasteiger charge is -2.30. The van der Waals surface area contributed by atoms with Crippen molar-refractivity contribution in [1.29, 1.82) is 0 Å². The van der Waals surface area contributed by atoms with Gasteiger partial charge in [-0.1, -0.05) is 39.5 Å². The van der Waals surface area contributed by atoms with Crippen molar-refractivity contribution in [3.05, 3.63) is 0 Å². The predicted molar refractivity (Wildman–Crippen MR) is 79.4 cm³/mol. The van der Waals surface area contributed by atoms with Crippen molar-refractivity contribution in [2.75, 3.05) is 13.1 Å². The first-order chi connectivity index (χ1) is 9.19. The molecule has 0 saturated carbocycles. The lowest BCUT2D eigenvalue weighted by atomic mass is 10.0. The van der Waals surface area contributed by atoms with Crippen LogP contribution in [-0.4, -0.2) is 35.1 Å². The maximum atomic E-state index is 11.1. The van der Waals surface area contributed by atoms with Crippen LogP contribution in [0, 0.1) is 5.92 Å². The van der Waals surface area contributed by atoms with Crippen molar-refractivity contribution in [3.8, 4) is 0 Å². The molecule has 1 N–H and O–H groups in total. The number of unbranched alkanes of at least 4 members (excludes halogenated alkanes) is 2. The van der Waals surface area contributed by atoms with Crippen LogP contribution in [-0.2, 0) is 4.79 Å². The van der Waals surface area contributed by atoms with Gasteiger partial charge in [0, 0.05) is 6.04 Å². The van der Waals surface area contributed by atoms with E-state index in [2.05, 4.69) is 18.7 Å². The minimum atomic E-state index is -0.597. The van der Waals surface area contributed by atoms with E-state index >= 15 is 0 Å². The lowest BCUT2D eigenvalue weighted by molar-refractivity contribution is -0.142. The van der Waals surface area contributed by atoms with Gasteiger partial charge in [0.05, 0.1) is 5.92 Å². The molecule has 0 bridgehead atoms. The quantitative estimate of drug-likeness (QED) is 0.679. The number of nitrogens with zero attached hydrogens (tertiary/aromatic N) is 1. The molecule has 2 atom stereocenters. The van der Waals surface area contributed by atoms with Gasteiger partial charge in [-0.2, -0.15) is 0 Å². The summed E-state index contributed by atoms with van der Waals surface area (Å²) in [4.78, 5) is 13.7. The monoisotopic (exact) mass is 269 g/mol. The van der Waals surface area contributed by atoms with E-state index in [9.17, 15) is 4.79 Å². The Morgan fingerprint density at radius 3 is 2.58 bits per heavy atom. The fraction of sp³-hybridized carbons (Fsp3) is 0.938. The van der Waals surface area contributed by atoms with E-state index in [0.29, 0.717) is 6.04 Å². The Bertz CT molecular complexity index is 255. The van der Waals surface area contributed by atoms with Crippen LogP contribution < -0.4 is 0 Å². The van der Waals surface area contributed by atoms with E-state index in [1.54, 1.807) is 0 Å². The predicted octanol–water partition coefficient (Wildman–Crippen LogP) is 3.92. The van der Waals surface area contributed by atoms with E-state index in [1.807, 2.05) is 0 Å². The minimum absolute atomic E-state index is 0.108. The number of likely N-dealkylation sites (tertiary alicyclic amines) is 1. The van der Waals surface area contributed by atoms with Crippen molar-refractivity contribution in [2.24, 2.45) is 5.92 Å². The normalized spacial score (nSPS) is 22.9. The van der Waals surface area contributed by atoms with Gasteiger partial charge in [0.25, 0.3) is 0 Å². The maximum absolute atomic E-state index is 11.1. The Hall–Kier alpha value is -0.570. The molecule has 0 aliphatic carbocycles. The van der Waals surface area contributed by atoms with Gasteiger partial charge in [0.2, 0.25) is 0 Å². The van der Waals surface area contributed by atoms with Gasteiger partial charge in [-0.3, -0.25) is 4.79 Å². The van der Waals surface area contributed by atoms with Crippen LogP contribution in [0.5, 0.6) is 0 Å². The molecule has 0 amide bonds. The second-order valence-corrected chi connectivity index (χ2v) is 5.94. The fourth-order valence-electron chi connectivity index (χ4n) is 3.20. The molecule has 0 aromatic heterocycles. The zero-order valence-corrected chi connectivity index (χ0v) is 12.7. The summed E-state index contributed by atoms with van der Waals surface area (Å²) in [6.07, 6.45) is 10.5. The Kier molecular flexibility index (Phi) is 8.11. The molecular weight excluding hydrogens is 238 g/mol. The van der Waals surface area contributed by atoms with Crippen LogP contribution in [0.3, 0.4) is 0 Å². The average molecular weight is 269 g/mol. The van der Waals surface area contributed by atoms with E-state index in [4.69, 9.17) is 5.11 Å². The third kappa shape index (κ3) is 5.94. The van der Waals surface area contributed by atoms with E-state index in [1.165, 1.54) is 38.5 Å². The van der Waals surface area contributed by atoms with E-state index < -0.39 is 5.97 Å². The number of rotatable bonds is 8. The summed E-state index contributed by atoms with van der Waals surface area (Å²) in [5.74, 6) is -0.706. The smallest absolute Gasteiger partial charge is 0.306 e. The zero-order valence-electron chi connectivity index (χ0n) is 12.7. The molecule has 1 saturated heterocycles. The molecule has 1 fully saturated rings. The largest absolute Gasteiger partial charge is 0.481 e. The maximum Gasteiger partial charge on any atom is 0.306 e. The number of hydrogen-bond acceptors (Lipinski definition) is 2. The molecule has 1 aliphatic heterocycles. The third-order valence-corrected chi connectivity index (χ3v) is 4.39. The Labute approximate surface area is 118 Å². The highest BCUT2D eigenvalue weighted by atomic mass is 16.4. The SMILES string of the molecule is CCCCCC(CCC)N1CCCC(C(=O)O)CC1. The van der Waals surface area contributed by atoms with Gasteiger partial charge in [-0.05, 0) is 45.2 Å². The van der Waals surface area contributed by atoms with Crippen molar-refractivity contribution >= 4 is 5.97 Å². The molecule has 1 heterocycles. The highest BCUT2D eigenvalue weighted by molar-refractivity contribution is 5.69. The number of carboxylic acids is 1. The van der Waals surface area contributed by atoms with Crippen molar-refractivity contribution < 1.29 is 9.90 Å². The molecule has 0 aromatic carbocycles. The second-order valence-electron chi connectivity index (χ2n) is 5.94. The molecule has 3 nitrogen and oxygen atoms in total. The first-order valence-corrected chi connectivity index (χ1v) is 8.15. The number of aliphatic carboxylic acids is 1. The number of hydrogen-bond donors (Lipinski definition) is 1. The van der Waals surface area contributed by atoms with Gasteiger partial charge in [0.1, 0.15) is 0 Å². The topological polar surface area (TPSA) is 40.5 Å². The van der Waals surface area contributed by atoms with Crippen LogP contribution >= 0.6 is 0 Å². The summed E-state index contributed by atoms with van der Waals surface area (Å²) in [6.45, 7) is 6.58. The molecule has 0 radical (unpaired) electrons. The Morgan fingerprint density at radius 2 is 1.95 bits per heavy atom. The van der Waals surface area contributed by atoms with Gasteiger partial charge >= 0.3 is 5.97 Å². The zero-order chi connectivity index (χ0) is 14.1. The number of carbonyl (C=O) groups is 1. The Balaban J connectivity index is 2.46. The molecule has 112 valence electrons. The van der Waals surface area contributed by atoms with Crippen LogP contribution in [0.2, 0.25) is 0 Å². The first-order valence-electron chi connectivity index (χ1n) is 8.15. The Morgan fingerprint density at radius 1 is 1.16 bits per heavy atom. The molecule has 2 unspecified atom stereocenters. The highest BCUT2D eigenvalue weighted by Gasteiger charge is 2.25. The van der Waals surface area contributed by atoms with Crippen molar-refractivity contribution in [1.82, 2.24) is 4.90 Å². The van der Waals surface area contributed by atoms with Gasteiger partial charge in [-0.25, -0.2) is 0 Å².